The molecule has 0 aromatic heterocycles. The summed E-state index contributed by atoms with van der Waals surface area (Å²) in [5, 5.41) is 334. The first-order valence-corrected chi connectivity index (χ1v) is 35.2. The first kappa shape index (κ1) is 88.8. The predicted molar refractivity (Wildman–Crippen MR) is 326 cm³/mol. The van der Waals surface area contributed by atoms with E-state index in [9.17, 15) is 153 Å². The highest BCUT2D eigenvalue weighted by Gasteiger charge is 2.61. The lowest BCUT2D eigenvalue weighted by molar-refractivity contribution is -0.400. The second-order valence-corrected chi connectivity index (χ2v) is 28.2. The van der Waals surface area contributed by atoms with Gasteiger partial charge in [0.2, 0.25) is 0 Å². The fourth-order valence-electron chi connectivity index (χ4n) is 14.7. The number of rotatable bonds is 16. The van der Waals surface area contributed by atoms with E-state index < -0.39 is 373 Å². The Kier molecular flexibility index (Phi) is 30.6. The van der Waals surface area contributed by atoms with Crippen LogP contribution in [0.25, 0.3) is 0 Å². The molecule has 0 aliphatic carbocycles. The molecular formula is C60H100O50. The van der Waals surface area contributed by atoms with Crippen LogP contribution in [-0.2, 0) is 94.7 Å². The number of hydrogen-bond acceptors (Lipinski definition) is 50. The van der Waals surface area contributed by atoms with Crippen molar-refractivity contribution in [2.75, 3.05) is 66.1 Å². The first-order chi connectivity index (χ1) is 52.3. The number of ether oxygens (including phenoxy) is 20. The van der Waals surface area contributed by atoms with Crippen LogP contribution in [0.15, 0.2) is 0 Å². The van der Waals surface area contributed by atoms with Crippen molar-refractivity contribution in [3.8, 4) is 0 Å². The highest BCUT2D eigenvalue weighted by molar-refractivity contribution is 5.04. The van der Waals surface area contributed by atoms with Crippen molar-refractivity contribution in [1.29, 1.82) is 0 Å². The van der Waals surface area contributed by atoms with Gasteiger partial charge in [-0.15, -0.1) is 0 Å². The maximum absolute atomic E-state index is 12.2. The summed E-state index contributed by atoms with van der Waals surface area (Å²) in [6.45, 7) is -11.1. The van der Waals surface area contributed by atoms with Gasteiger partial charge in [-0.2, -0.15) is 0 Å². The van der Waals surface area contributed by atoms with Crippen LogP contribution >= 0.6 is 0 Å². The summed E-state index contributed by atoms with van der Waals surface area (Å²) in [5.74, 6) is 0. The Balaban J connectivity index is 0.895. The van der Waals surface area contributed by atoms with Crippen molar-refractivity contribution in [2.24, 2.45) is 0 Å². The lowest BCUT2D eigenvalue weighted by atomic mass is 9.95. The van der Waals surface area contributed by atoms with Crippen LogP contribution in [0.1, 0.15) is 0 Å². The summed E-state index contributed by atoms with van der Waals surface area (Å²) in [6, 6.07) is 0. The molecule has 110 heavy (non-hydrogen) atoms. The largest absolute Gasteiger partial charge is 0.394 e. The fourth-order valence-corrected chi connectivity index (χ4v) is 14.7. The zero-order valence-electron chi connectivity index (χ0n) is 57.5. The van der Waals surface area contributed by atoms with Gasteiger partial charge < -0.3 is 248 Å². The molecule has 0 unspecified atom stereocenters. The minimum Gasteiger partial charge on any atom is -0.394 e. The van der Waals surface area contributed by atoms with Gasteiger partial charge in [-0.3, -0.25) is 0 Å². The van der Waals surface area contributed by atoms with E-state index >= 15 is 0 Å². The van der Waals surface area contributed by atoms with E-state index in [-0.39, 0.29) is 0 Å². The Morgan fingerprint density at radius 1 is 0.164 bits per heavy atom. The van der Waals surface area contributed by atoms with E-state index in [1.54, 1.807) is 0 Å². The zero-order chi connectivity index (χ0) is 80.1. The second kappa shape index (κ2) is 37.9. The summed E-state index contributed by atoms with van der Waals surface area (Å²) in [4.78, 5) is 0. The molecule has 0 amide bonds. The van der Waals surface area contributed by atoms with Crippen LogP contribution in [0.5, 0.6) is 0 Å². The lowest BCUT2D eigenvalue weighted by Crippen LogP contribution is -2.68. The van der Waals surface area contributed by atoms with Crippen molar-refractivity contribution in [3.05, 3.63) is 0 Å². The monoisotopic (exact) mass is 1620 g/mol. The Morgan fingerprint density at radius 3 is 0.618 bits per heavy atom. The van der Waals surface area contributed by atoms with E-state index in [1.165, 1.54) is 0 Å². The van der Waals surface area contributed by atoms with Gasteiger partial charge in [-0.25, -0.2) is 0 Å². The topological polar surface area (TPSA) is 792 Å². The van der Waals surface area contributed by atoms with Crippen molar-refractivity contribution in [3.63, 3.8) is 0 Å². The lowest BCUT2D eigenvalue weighted by Gasteiger charge is -2.50. The Labute approximate surface area is 619 Å². The van der Waals surface area contributed by atoms with Crippen LogP contribution in [0, 0.1) is 0 Å². The van der Waals surface area contributed by atoms with Gasteiger partial charge in [0.15, 0.2) is 62.9 Å². The summed E-state index contributed by atoms with van der Waals surface area (Å²) in [6.07, 6.45) is -107. The van der Waals surface area contributed by atoms with Gasteiger partial charge in [0.05, 0.1) is 66.1 Å². The zero-order valence-corrected chi connectivity index (χ0v) is 57.5. The molecule has 24 heterocycles. The summed E-state index contributed by atoms with van der Waals surface area (Å²) in [5.41, 5.74) is 0. The molecule has 50 heteroatoms. The van der Waals surface area contributed by atoms with E-state index in [1.807, 2.05) is 0 Å². The average Bonchev–Trinajstić information content (AvgIpc) is 0.783. The molecule has 24 rings (SSSR count). The van der Waals surface area contributed by atoms with Crippen molar-refractivity contribution in [1.82, 2.24) is 0 Å². The van der Waals surface area contributed by atoms with Crippen molar-refractivity contribution < 1.29 is 248 Å². The molecule has 0 spiro atoms. The van der Waals surface area contributed by atoms with E-state index in [4.69, 9.17) is 94.7 Å². The molecule has 24 saturated heterocycles. The highest BCUT2D eigenvalue weighted by atomic mass is 16.8. The van der Waals surface area contributed by atoms with Crippen LogP contribution in [0.4, 0.5) is 0 Å². The van der Waals surface area contributed by atoms with Crippen molar-refractivity contribution in [2.45, 2.75) is 307 Å². The summed E-state index contributed by atoms with van der Waals surface area (Å²) in [7, 11) is 0. The Morgan fingerprint density at radius 2 is 0.364 bits per heavy atom. The van der Waals surface area contributed by atoms with Crippen LogP contribution in [0.3, 0.4) is 0 Å². The number of aliphatic hydroxyl groups excluding tert-OH is 30. The molecule has 24 aliphatic rings. The average molecular weight is 1620 g/mol. The SMILES string of the molecule is OC[C@H]1O[C@@H](OC[C@H]2O[C@@H](OC[C@H]3O[C@@H]4O[C@H]5[C@H](O)[C@@H](O)[C@@H](O[C@H]6[C@H](O)[C@@H](O)[C@@H](O[C@H]7[C@H](O)[C@@H](O)[C@@H](O[C@H]8[C@H](O)[C@@H](O)[C@@H](O[C@H]9[C@H](O)[C@@H](O)[C@@H](O[C@H]%10[C@H](O)[C@@H](O)[C@@H](O[C@H]3[C@H](O)[C@H]4O)O[C@@H]%10CO)O[C@@H]9CO)O[C@@H]8CO)O[C@@H]7CO)O[C@@H]6CO)O[C@@H]5CO)[C@H](O)[C@@H](O)[C@@H]2O[C@@H]2O[C@H](CO)[C@@H](O)[C@H](O)[C@H]2O)[C@H](O)[C@@H](O)[C@H]1O. The normalized spacial score (nSPS) is 55.0. The molecule has 0 aromatic carbocycles. The molecule has 0 saturated carbocycles. The molecule has 0 aromatic rings. The minimum absolute atomic E-state index is 0.950. The smallest absolute Gasteiger partial charge is 0.187 e. The van der Waals surface area contributed by atoms with Crippen LogP contribution < -0.4 is 0 Å². The van der Waals surface area contributed by atoms with Gasteiger partial charge in [0.25, 0.3) is 0 Å². The Hall–Kier alpha value is -2.00. The molecule has 50 nitrogen and oxygen atoms in total. The van der Waals surface area contributed by atoms with E-state index in [2.05, 4.69) is 0 Å². The van der Waals surface area contributed by atoms with Crippen molar-refractivity contribution >= 4 is 0 Å². The maximum atomic E-state index is 12.2. The molecule has 640 valence electrons. The first-order valence-electron chi connectivity index (χ1n) is 35.2. The molecule has 14 bridgehead atoms. The third-order valence-electron chi connectivity index (χ3n) is 21.1. The molecule has 24 fully saturated rings. The summed E-state index contributed by atoms with van der Waals surface area (Å²) < 4.78 is 116. The van der Waals surface area contributed by atoms with Crippen LogP contribution in [0.2, 0.25) is 0 Å². The third-order valence-corrected chi connectivity index (χ3v) is 21.1. The van der Waals surface area contributed by atoms with E-state index in [0.29, 0.717) is 0 Å². The van der Waals surface area contributed by atoms with Gasteiger partial charge in [-0.05, 0) is 0 Å². The maximum Gasteiger partial charge on any atom is 0.187 e. The molecule has 24 aliphatic heterocycles. The molecule has 0 radical (unpaired) electrons. The molecule has 50 atom stereocenters. The van der Waals surface area contributed by atoms with Gasteiger partial charge in [0.1, 0.15) is 244 Å². The quantitative estimate of drug-likeness (QED) is 0.0682. The summed E-state index contributed by atoms with van der Waals surface area (Å²) >= 11 is 0. The second-order valence-electron chi connectivity index (χ2n) is 28.2. The highest BCUT2D eigenvalue weighted by Crippen LogP contribution is 2.41. The van der Waals surface area contributed by atoms with Gasteiger partial charge in [0, 0.05) is 0 Å². The predicted octanol–water partition coefficient (Wildman–Crippen LogP) is -21.8. The van der Waals surface area contributed by atoms with Gasteiger partial charge >= 0.3 is 0 Å². The molecule has 30 N–H and O–H groups in total. The third kappa shape index (κ3) is 17.8. The fraction of sp³-hybridized carbons (Fsp3) is 1.00. The van der Waals surface area contributed by atoms with Crippen LogP contribution in [-0.4, -0.2) is 526 Å². The molecular weight excluding hydrogens is 1520 g/mol. The minimum atomic E-state index is -2.50. The van der Waals surface area contributed by atoms with Gasteiger partial charge in [-0.1, -0.05) is 0 Å². The standard InChI is InChI=1S/C60H100O50/c61-1-11-21(69)23(71)33(81)51(93-11)91-9-19-49(109-53-34(82)24(72)22(70)12(2-62)94-53)25(73)35(83)52(101-19)92-10-20-50-32(80)42(90)60(102-20)108-48-18(8-68)99-58(40(88)30(48)78)106-46-16(6-66)97-56(38(86)28(46)76)104-44-14(4-64)95-54(36(84)26(44)74)103-43-13(3-63)96-55(37(85)27(43)75)105-45-15(5-65)98-57(39(87)29(45)77)107-47-17(7-67)100-59(110-50)41(89)31(47)79/h11-90H,1-10H2/t11-,12-,13-,14-,15-,16-,17-,18-,19-,20-,21+,22-,23+,24+,25-,26-,27-,28-,29-,30-,31-,32-,33-,34-,35-,36-,37-,38-,39-,40-,41-,42-,43-,44-,45-,46-,47-,48-,49-,50-,51-,52-,53+,54-,55-,56-,57-,58-,59-,60-/m1/s1. The number of hydrogen-bond donors (Lipinski definition) is 30. The number of aliphatic hydroxyl groups is 30. The Bertz CT molecular complexity index is 2780. The van der Waals surface area contributed by atoms with E-state index in [0.717, 1.165) is 0 Å².